The number of imide groups is 1. The number of rotatable bonds is 3. The molecule has 0 saturated carbocycles. The van der Waals surface area contributed by atoms with E-state index >= 15 is 0 Å². The molecule has 92 valence electrons. The Kier molecular flexibility index (Phi) is 3.57. The molecule has 1 aromatic heterocycles. The van der Waals surface area contributed by atoms with Crippen molar-refractivity contribution in [3.05, 3.63) is 16.6 Å². The van der Waals surface area contributed by atoms with Gasteiger partial charge in [-0.25, -0.2) is 4.98 Å². The van der Waals surface area contributed by atoms with E-state index in [0.29, 0.717) is 12.3 Å². The van der Waals surface area contributed by atoms with Crippen LogP contribution >= 0.6 is 11.3 Å². The summed E-state index contributed by atoms with van der Waals surface area (Å²) < 4.78 is 0. The summed E-state index contributed by atoms with van der Waals surface area (Å²) in [5.41, 5.74) is 2.63. The average molecular weight is 252 g/mol. The average Bonchev–Trinajstić information content (AvgIpc) is 2.74. The van der Waals surface area contributed by atoms with E-state index in [1.807, 2.05) is 5.38 Å². The van der Waals surface area contributed by atoms with Gasteiger partial charge >= 0.3 is 0 Å². The molecule has 0 spiro atoms. The van der Waals surface area contributed by atoms with Crippen LogP contribution < -0.4 is 5.32 Å². The maximum atomic E-state index is 11.9. The predicted octanol–water partition coefficient (Wildman–Crippen LogP) is 1.94. The van der Waals surface area contributed by atoms with Crippen molar-refractivity contribution in [3.63, 3.8) is 0 Å². The Bertz CT molecular complexity index is 414. The van der Waals surface area contributed by atoms with Crippen LogP contribution in [0.25, 0.3) is 0 Å². The van der Waals surface area contributed by atoms with Crippen LogP contribution in [-0.4, -0.2) is 16.8 Å². The second-order valence-corrected chi connectivity index (χ2v) is 5.59. The Morgan fingerprint density at radius 1 is 1.53 bits per heavy atom. The Morgan fingerprint density at radius 2 is 2.29 bits per heavy atom. The van der Waals surface area contributed by atoms with Gasteiger partial charge in [0.15, 0.2) is 0 Å². The number of hydrogen-bond acceptors (Lipinski definition) is 4. The zero-order valence-electron chi connectivity index (χ0n) is 9.97. The lowest BCUT2D eigenvalue weighted by Gasteiger charge is -2.30. The molecular weight excluding hydrogens is 236 g/mol. The standard InChI is InChI=1S/C12H16N2O2S/c1-7(2)3-9-8(10-5-17-6-13-10)4-11(15)14-12(9)16/h5-9H,3-4H2,1-2H3,(H,14,15,16). The number of carbonyl (C=O) groups excluding carboxylic acids is 2. The lowest BCUT2D eigenvalue weighted by Crippen LogP contribution is -2.45. The normalized spacial score (nSPS) is 25.1. The molecule has 0 aromatic carbocycles. The van der Waals surface area contributed by atoms with Crippen molar-refractivity contribution < 1.29 is 9.59 Å². The molecule has 2 rings (SSSR count). The number of amides is 2. The van der Waals surface area contributed by atoms with Gasteiger partial charge in [-0.3, -0.25) is 14.9 Å². The Morgan fingerprint density at radius 3 is 2.88 bits per heavy atom. The van der Waals surface area contributed by atoms with Gasteiger partial charge in [0.2, 0.25) is 11.8 Å². The Labute approximate surface area is 104 Å². The van der Waals surface area contributed by atoms with Crippen LogP contribution in [0.5, 0.6) is 0 Å². The van der Waals surface area contributed by atoms with E-state index in [1.165, 1.54) is 11.3 Å². The summed E-state index contributed by atoms with van der Waals surface area (Å²) in [6.45, 7) is 4.17. The molecule has 5 heteroatoms. The number of hydrogen-bond donors (Lipinski definition) is 1. The highest BCUT2D eigenvalue weighted by molar-refractivity contribution is 7.07. The SMILES string of the molecule is CC(C)CC1C(=O)NC(=O)CC1c1cscn1. The van der Waals surface area contributed by atoms with E-state index in [1.54, 1.807) is 5.51 Å². The molecule has 2 atom stereocenters. The van der Waals surface area contributed by atoms with Crippen molar-refractivity contribution in [1.29, 1.82) is 0 Å². The summed E-state index contributed by atoms with van der Waals surface area (Å²) in [7, 11) is 0. The summed E-state index contributed by atoms with van der Waals surface area (Å²) in [6.07, 6.45) is 1.16. The van der Waals surface area contributed by atoms with E-state index in [2.05, 4.69) is 24.1 Å². The van der Waals surface area contributed by atoms with Gasteiger partial charge in [0, 0.05) is 23.6 Å². The smallest absolute Gasteiger partial charge is 0.230 e. The fraction of sp³-hybridized carbons (Fsp3) is 0.583. The molecule has 17 heavy (non-hydrogen) atoms. The van der Waals surface area contributed by atoms with Crippen LogP contribution in [0.4, 0.5) is 0 Å². The van der Waals surface area contributed by atoms with E-state index in [9.17, 15) is 9.59 Å². The highest BCUT2D eigenvalue weighted by Gasteiger charge is 2.37. The molecule has 1 aliphatic rings. The Hall–Kier alpha value is -1.23. The highest BCUT2D eigenvalue weighted by atomic mass is 32.1. The van der Waals surface area contributed by atoms with Crippen LogP contribution in [0.1, 0.15) is 38.3 Å². The van der Waals surface area contributed by atoms with Gasteiger partial charge in [-0.1, -0.05) is 13.8 Å². The topological polar surface area (TPSA) is 59.1 Å². The number of aromatic nitrogens is 1. The molecule has 2 amide bonds. The largest absolute Gasteiger partial charge is 0.296 e. The minimum absolute atomic E-state index is 0.0510. The van der Waals surface area contributed by atoms with Gasteiger partial charge in [-0.15, -0.1) is 11.3 Å². The Balaban J connectivity index is 2.24. The number of piperidine rings is 1. The molecular formula is C12H16N2O2S. The summed E-state index contributed by atoms with van der Waals surface area (Å²) in [6, 6.07) is 0. The number of nitrogens with zero attached hydrogens (tertiary/aromatic N) is 1. The molecule has 1 aromatic rings. The number of carbonyl (C=O) groups is 2. The van der Waals surface area contributed by atoms with E-state index < -0.39 is 0 Å². The highest BCUT2D eigenvalue weighted by Crippen LogP contribution is 2.34. The van der Waals surface area contributed by atoms with Gasteiger partial charge in [0.05, 0.1) is 11.2 Å². The van der Waals surface area contributed by atoms with E-state index in [4.69, 9.17) is 0 Å². The maximum absolute atomic E-state index is 11.9. The van der Waals surface area contributed by atoms with E-state index in [0.717, 1.165) is 12.1 Å². The van der Waals surface area contributed by atoms with E-state index in [-0.39, 0.29) is 23.7 Å². The maximum Gasteiger partial charge on any atom is 0.230 e. The zero-order chi connectivity index (χ0) is 12.4. The first-order valence-electron chi connectivity index (χ1n) is 5.79. The number of thiazole rings is 1. The van der Waals surface area contributed by atoms with Crippen LogP contribution in [-0.2, 0) is 9.59 Å². The third-order valence-corrected chi connectivity index (χ3v) is 3.65. The molecule has 4 nitrogen and oxygen atoms in total. The second kappa shape index (κ2) is 4.96. The first kappa shape index (κ1) is 12.2. The van der Waals surface area contributed by atoms with Crippen molar-refractivity contribution in [2.24, 2.45) is 11.8 Å². The van der Waals surface area contributed by atoms with Crippen LogP contribution in [0.3, 0.4) is 0 Å². The molecule has 1 aliphatic heterocycles. The predicted molar refractivity (Wildman–Crippen MR) is 65.6 cm³/mol. The molecule has 0 aliphatic carbocycles. The minimum atomic E-state index is -0.187. The van der Waals surface area contributed by atoms with Crippen molar-refractivity contribution in [1.82, 2.24) is 10.3 Å². The third-order valence-electron chi connectivity index (χ3n) is 3.05. The second-order valence-electron chi connectivity index (χ2n) is 4.87. The van der Waals surface area contributed by atoms with Crippen molar-refractivity contribution in [2.75, 3.05) is 0 Å². The summed E-state index contributed by atoms with van der Waals surface area (Å²) >= 11 is 1.50. The zero-order valence-corrected chi connectivity index (χ0v) is 10.8. The number of nitrogens with one attached hydrogen (secondary N) is 1. The lowest BCUT2D eigenvalue weighted by molar-refractivity contribution is -0.137. The minimum Gasteiger partial charge on any atom is -0.296 e. The van der Waals surface area contributed by atoms with Crippen molar-refractivity contribution in [3.8, 4) is 0 Å². The molecule has 0 radical (unpaired) electrons. The molecule has 2 unspecified atom stereocenters. The van der Waals surface area contributed by atoms with Crippen LogP contribution in [0, 0.1) is 11.8 Å². The van der Waals surface area contributed by atoms with Crippen molar-refractivity contribution >= 4 is 23.2 Å². The quantitative estimate of drug-likeness (QED) is 0.836. The van der Waals surface area contributed by atoms with Gasteiger partial charge in [-0.05, 0) is 12.3 Å². The third kappa shape index (κ3) is 2.72. The molecule has 1 saturated heterocycles. The van der Waals surface area contributed by atoms with Gasteiger partial charge in [0.1, 0.15) is 0 Å². The molecule has 1 N–H and O–H groups in total. The fourth-order valence-electron chi connectivity index (χ4n) is 2.30. The molecule has 2 heterocycles. The van der Waals surface area contributed by atoms with Crippen molar-refractivity contribution in [2.45, 2.75) is 32.6 Å². The summed E-state index contributed by atoms with van der Waals surface area (Å²) in [4.78, 5) is 27.6. The van der Waals surface area contributed by atoms with Crippen LogP contribution in [0.2, 0.25) is 0 Å². The van der Waals surface area contributed by atoms with Gasteiger partial charge < -0.3 is 0 Å². The molecule has 1 fully saturated rings. The fourth-order valence-corrected chi connectivity index (χ4v) is 2.92. The van der Waals surface area contributed by atoms with Gasteiger partial charge in [-0.2, -0.15) is 0 Å². The first-order chi connectivity index (χ1) is 8.08. The molecule has 0 bridgehead atoms. The lowest BCUT2D eigenvalue weighted by atomic mass is 9.79. The van der Waals surface area contributed by atoms with Gasteiger partial charge in [0.25, 0.3) is 0 Å². The van der Waals surface area contributed by atoms with Crippen LogP contribution in [0.15, 0.2) is 10.9 Å². The monoisotopic (exact) mass is 252 g/mol. The summed E-state index contributed by atoms with van der Waals surface area (Å²) in [5, 5.41) is 4.36. The summed E-state index contributed by atoms with van der Waals surface area (Å²) in [5.74, 6) is -0.0826. The first-order valence-corrected chi connectivity index (χ1v) is 6.74.